The lowest BCUT2D eigenvalue weighted by Crippen LogP contribution is -2.36. The fraction of sp³-hybridized carbons (Fsp3) is 0.556. The van der Waals surface area contributed by atoms with Gasteiger partial charge in [0.1, 0.15) is 13.2 Å². The highest BCUT2D eigenvalue weighted by Gasteiger charge is 2.16. The van der Waals surface area contributed by atoms with Crippen LogP contribution < -0.4 is 0 Å². The first-order valence-corrected chi connectivity index (χ1v) is 4.36. The molecular weight excluding hydrogens is 186 g/mol. The zero-order valence-corrected chi connectivity index (χ0v) is 8.23. The van der Waals surface area contributed by atoms with Crippen LogP contribution in [-0.2, 0) is 9.53 Å². The number of carbonyl (C=O) groups is 2. The molecule has 0 aliphatic carbocycles. The lowest BCUT2D eigenvalue weighted by atomic mass is 10.4. The van der Waals surface area contributed by atoms with Crippen LogP contribution >= 0.6 is 0 Å². The molecule has 0 saturated carbocycles. The van der Waals surface area contributed by atoms with Gasteiger partial charge in [-0.25, -0.2) is 4.79 Å². The third kappa shape index (κ3) is 5.18. The van der Waals surface area contributed by atoms with Gasteiger partial charge in [-0.1, -0.05) is 19.6 Å². The van der Waals surface area contributed by atoms with E-state index < -0.39 is 12.1 Å². The molecule has 14 heavy (non-hydrogen) atoms. The van der Waals surface area contributed by atoms with Gasteiger partial charge in [0.2, 0.25) is 0 Å². The van der Waals surface area contributed by atoms with Crippen molar-refractivity contribution in [2.24, 2.45) is 0 Å². The molecule has 0 saturated heterocycles. The van der Waals surface area contributed by atoms with E-state index in [1.165, 1.54) is 6.08 Å². The second-order valence-electron chi connectivity index (χ2n) is 2.68. The SMILES string of the molecule is C=CCOC(=O)N(CCC)CC(=O)O. The Labute approximate surface area is 83.0 Å². The van der Waals surface area contributed by atoms with Gasteiger partial charge in [-0.15, -0.1) is 0 Å². The van der Waals surface area contributed by atoms with E-state index in [-0.39, 0.29) is 13.2 Å². The molecule has 80 valence electrons. The molecule has 0 radical (unpaired) electrons. The Morgan fingerprint density at radius 1 is 1.57 bits per heavy atom. The molecule has 5 nitrogen and oxygen atoms in total. The Morgan fingerprint density at radius 3 is 2.64 bits per heavy atom. The molecule has 0 aromatic rings. The third-order valence-corrected chi connectivity index (χ3v) is 1.40. The van der Waals surface area contributed by atoms with E-state index in [4.69, 9.17) is 9.84 Å². The van der Waals surface area contributed by atoms with Gasteiger partial charge in [-0.3, -0.25) is 9.69 Å². The number of amides is 1. The summed E-state index contributed by atoms with van der Waals surface area (Å²) in [6.07, 6.45) is 1.51. The molecule has 0 aliphatic heterocycles. The van der Waals surface area contributed by atoms with Gasteiger partial charge in [-0.05, 0) is 6.42 Å². The zero-order valence-electron chi connectivity index (χ0n) is 8.23. The molecule has 1 amide bonds. The third-order valence-electron chi connectivity index (χ3n) is 1.40. The minimum Gasteiger partial charge on any atom is -0.480 e. The number of ether oxygens (including phenoxy) is 1. The Bertz CT molecular complexity index is 215. The van der Waals surface area contributed by atoms with Gasteiger partial charge in [0.15, 0.2) is 0 Å². The van der Waals surface area contributed by atoms with Crippen LogP contribution in [0.25, 0.3) is 0 Å². The fourth-order valence-corrected chi connectivity index (χ4v) is 0.890. The summed E-state index contributed by atoms with van der Waals surface area (Å²) in [5.41, 5.74) is 0. The van der Waals surface area contributed by atoms with E-state index >= 15 is 0 Å². The fourth-order valence-electron chi connectivity index (χ4n) is 0.890. The van der Waals surface area contributed by atoms with Crippen molar-refractivity contribution in [3.8, 4) is 0 Å². The van der Waals surface area contributed by atoms with Crippen molar-refractivity contribution in [1.82, 2.24) is 4.90 Å². The number of hydrogen-bond acceptors (Lipinski definition) is 3. The Morgan fingerprint density at radius 2 is 2.21 bits per heavy atom. The molecule has 0 fully saturated rings. The standard InChI is InChI=1S/C9H15NO4/c1-3-5-10(7-8(11)12)9(13)14-6-4-2/h4H,2-3,5-7H2,1H3,(H,11,12). The maximum atomic E-state index is 11.2. The average molecular weight is 201 g/mol. The van der Waals surface area contributed by atoms with Crippen molar-refractivity contribution in [3.63, 3.8) is 0 Å². The van der Waals surface area contributed by atoms with Crippen LogP contribution in [0.4, 0.5) is 4.79 Å². The van der Waals surface area contributed by atoms with E-state index in [0.717, 1.165) is 4.90 Å². The topological polar surface area (TPSA) is 66.8 Å². The average Bonchev–Trinajstić information content (AvgIpc) is 2.13. The summed E-state index contributed by atoms with van der Waals surface area (Å²) >= 11 is 0. The quantitative estimate of drug-likeness (QED) is 0.653. The monoisotopic (exact) mass is 201 g/mol. The number of nitrogens with zero attached hydrogens (tertiary/aromatic N) is 1. The number of carbonyl (C=O) groups excluding carboxylic acids is 1. The number of carboxylic acid groups (broad SMARTS) is 1. The second-order valence-corrected chi connectivity index (χ2v) is 2.68. The van der Waals surface area contributed by atoms with Crippen LogP contribution in [-0.4, -0.2) is 41.8 Å². The van der Waals surface area contributed by atoms with Crippen molar-refractivity contribution in [2.75, 3.05) is 19.7 Å². The highest BCUT2D eigenvalue weighted by molar-refractivity contribution is 5.76. The molecule has 0 rings (SSSR count). The molecular formula is C9H15NO4. The Hall–Kier alpha value is -1.52. The molecule has 0 aromatic heterocycles. The Balaban J connectivity index is 4.09. The summed E-state index contributed by atoms with van der Waals surface area (Å²) in [4.78, 5) is 22.8. The maximum absolute atomic E-state index is 11.2. The summed E-state index contributed by atoms with van der Waals surface area (Å²) in [7, 11) is 0. The van der Waals surface area contributed by atoms with Crippen LogP contribution in [0, 0.1) is 0 Å². The Kier molecular flexibility index (Phi) is 6.19. The number of aliphatic carboxylic acids is 1. The molecule has 0 bridgehead atoms. The first-order valence-electron chi connectivity index (χ1n) is 4.36. The van der Waals surface area contributed by atoms with Crippen LogP contribution in [0.1, 0.15) is 13.3 Å². The zero-order chi connectivity index (χ0) is 11.0. The molecule has 5 heteroatoms. The minimum atomic E-state index is -1.05. The van der Waals surface area contributed by atoms with E-state index in [9.17, 15) is 9.59 Å². The van der Waals surface area contributed by atoms with Crippen molar-refractivity contribution in [1.29, 1.82) is 0 Å². The molecule has 0 aromatic carbocycles. The molecule has 1 N–H and O–H groups in total. The van der Waals surface area contributed by atoms with Crippen LogP contribution in [0.3, 0.4) is 0 Å². The molecule has 0 atom stereocenters. The predicted molar refractivity (Wildman–Crippen MR) is 51.0 cm³/mol. The van der Waals surface area contributed by atoms with Crippen LogP contribution in [0.2, 0.25) is 0 Å². The highest BCUT2D eigenvalue weighted by Crippen LogP contribution is 1.96. The summed E-state index contributed by atoms with van der Waals surface area (Å²) in [6, 6.07) is 0. The van der Waals surface area contributed by atoms with Crippen molar-refractivity contribution in [3.05, 3.63) is 12.7 Å². The molecule has 0 aliphatic rings. The van der Waals surface area contributed by atoms with Gasteiger partial charge < -0.3 is 9.84 Å². The van der Waals surface area contributed by atoms with Crippen molar-refractivity contribution >= 4 is 12.1 Å². The van der Waals surface area contributed by atoms with Gasteiger partial charge in [0, 0.05) is 6.54 Å². The van der Waals surface area contributed by atoms with E-state index in [2.05, 4.69) is 6.58 Å². The van der Waals surface area contributed by atoms with Crippen molar-refractivity contribution in [2.45, 2.75) is 13.3 Å². The molecule has 0 heterocycles. The lowest BCUT2D eigenvalue weighted by Gasteiger charge is -2.18. The normalized spacial score (nSPS) is 9.21. The molecule has 0 unspecified atom stereocenters. The smallest absolute Gasteiger partial charge is 0.410 e. The van der Waals surface area contributed by atoms with Crippen molar-refractivity contribution < 1.29 is 19.4 Å². The maximum Gasteiger partial charge on any atom is 0.410 e. The largest absolute Gasteiger partial charge is 0.480 e. The lowest BCUT2D eigenvalue weighted by molar-refractivity contribution is -0.138. The predicted octanol–water partition coefficient (Wildman–Crippen LogP) is 1.11. The molecule has 0 spiro atoms. The van der Waals surface area contributed by atoms with Crippen LogP contribution in [0.5, 0.6) is 0 Å². The van der Waals surface area contributed by atoms with E-state index in [1.54, 1.807) is 0 Å². The van der Waals surface area contributed by atoms with Crippen LogP contribution in [0.15, 0.2) is 12.7 Å². The first-order chi connectivity index (χ1) is 6.61. The number of rotatable bonds is 6. The summed E-state index contributed by atoms with van der Waals surface area (Å²) in [6.45, 7) is 5.39. The first kappa shape index (κ1) is 12.5. The minimum absolute atomic E-state index is 0.0959. The van der Waals surface area contributed by atoms with E-state index in [0.29, 0.717) is 13.0 Å². The van der Waals surface area contributed by atoms with Gasteiger partial charge in [-0.2, -0.15) is 0 Å². The summed E-state index contributed by atoms with van der Waals surface area (Å²) in [5.74, 6) is -1.05. The number of hydrogen-bond donors (Lipinski definition) is 1. The summed E-state index contributed by atoms with van der Waals surface area (Å²) in [5, 5.41) is 8.52. The highest BCUT2D eigenvalue weighted by atomic mass is 16.6. The van der Waals surface area contributed by atoms with Gasteiger partial charge in [0.05, 0.1) is 0 Å². The van der Waals surface area contributed by atoms with Gasteiger partial charge in [0.25, 0.3) is 0 Å². The summed E-state index contributed by atoms with van der Waals surface area (Å²) < 4.78 is 4.71. The number of carboxylic acids is 1. The van der Waals surface area contributed by atoms with E-state index in [1.807, 2.05) is 6.92 Å². The second kappa shape index (κ2) is 6.94. The van der Waals surface area contributed by atoms with Gasteiger partial charge >= 0.3 is 12.1 Å².